The Kier molecular flexibility index (Phi) is 4.35. The lowest BCUT2D eigenvalue weighted by Gasteiger charge is -2.17. The first kappa shape index (κ1) is 16.6. The number of benzene rings is 1. The van der Waals surface area contributed by atoms with Crippen molar-refractivity contribution in [2.75, 3.05) is 29.5 Å². The van der Waals surface area contributed by atoms with Crippen molar-refractivity contribution in [3.8, 4) is 0 Å². The summed E-state index contributed by atoms with van der Waals surface area (Å²) >= 11 is 0. The van der Waals surface area contributed by atoms with Crippen molar-refractivity contribution < 1.29 is 22.3 Å². The number of ether oxygens (including phenoxy) is 1. The van der Waals surface area contributed by atoms with Crippen molar-refractivity contribution in [2.45, 2.75) is 12.5 Å². The summed E-state index contributed by atoms with van der Waals surface area (Å²) in [7, 11) is -3.07. The Balaban J connectivity index is 1.82. The van der Waals surface area contributed by atoms with Gasteiger partial charge in [-0.05, 0) is 30.2 Å². The molecule has 0 aliphatic carbocycles. The molecule has 3 rings (SSSR count). The first-order chi connectivity index (χ1) is 11.4. The van der Waals surface area contributed by atoms with E-state index in [0.717, 1.165) is 0 Å². The number of carbonyl (C=O) groups excluding carboxylic acids is 1. The van der Waals surface area contributed by atoms with Gasteiger partial charge in [-0.2, -0.15) is 5.11 Å². The molecular weight excluding hydrogens is 337 g/mol. The van der Waals surface area contributed by atoms with Gasteiger partial charge < -0.3 is 4.74 Å². The SMILES string of the molecule is N=NC[C@H]1CN(c2ccc(C3=CCS(=O)(=O)CC3)c(F)c2)C(=O)O1. The van der Waals surface area contributed by atoms with Crippen molar-refractivity contribution in [3.63, 3.8) is 0 Å². The minimum atomic E-state index is -3.07. The van der Waals surface area contributed by atoms with Gasteiger partial charge in [-0.3, -0.25) is 4.90 Å². The molecule has 7 nitrogen and oxygen atoms in total. The lowest BCUT2D eigenvalue weighted by molar-refractivity contribution is 0.144. The number of amides is 1. The molecular formula is C15H16FN3O4S. The molecule has 0 spiro atoms. The second-order valence-corrected chi connectivity index (χ2v) is 7.94. The van der Waals surface area contributed by atoms with Crippen LogP contribution in [0.4, 0.5) is 14.9 Å². The van der Waals surface area contributed by atoms with Gasteiger partial charge in [0.1, 0.15) is 11.9 Å². The first-order valence-electron chi connectivity index (χ1n) is 7.40. The summed E-state index contributed by atoms with van der Waals surface area (Å²) in [6, 6.07) is 4.38. The molecule has 1 saturated heterocycles. The molecule has 1 atom stereocenters. The monoisotopic (exact) mass is 353 g/mol. The summed E-state index contributed by atoms with van der Waals surface area (Å²) in [4.78, 5) is 13.1. The van der Waals surface area contributed by atoms with Crippen LogP contribution in [0.5, 0.6) is 0 Å². The molecule has 1 fully saturated rings. The van der Waals surface area contributed by atoms with E-state index >= 15 is 0 Å². The highest BCUT2D eigenvalue weighted by Crippen LogP contribution is 2.30. The van der Waals surface area contributed by atoms with Crippen molar-refractivity contribution in [1.82, 2.24) is 0 Å². The number of hydrogen-bond acceptors (Lipinski definition) is 6. The quantitative estimate of drug-likeness (QED) is 0.840. The molecule has 2 aliphatic rings. The summed E-state index contributed by atoms with van der Waals surface area (Å²) < 4.78 is 42.4. The Morgan fingerprint density at radius 3 is 2.83 bits per heavy atom. The fourth-order valence-corrected chi connectivity index (χ4v) is 3.94. The zero-order valence-corrected chi connectivity index (χ0v) is 13.6. The molecule has 0 aromatic heterocycles. The largest absolute Gasteiger partial charge is 0.442 e. The Labute approximate surface area is 138 Å². The van der Waals surface area contributed by atoms with E-state index in [0.29, 0.717) is 16.8 Å². The van der Waals surface area contributed by atoms with Gasteiger partial charge in [-0.15, -0.1) is 0 Å². The fraction of sp³-hybridized carbons (Fsp3) is 0.400. The molecule has 2 heterocycles. The number of carbonyl (C=O) groups is 1. The van der Waals surface area contributed by atoms with Gasteiger partial charge in [0.15, 0.2) is 9.84 Å². The van der Waals surface area contributed by atoms with Crippen LogP contribution in [-0.4, -0.2) is 45.2 Å². The van der Waals surface area contributed by atoms with Crippen LogP contribution in [0.25, 0.3) is 5.57 Å². The number of hydrogen-bond donors (Lipinski definition) is 1. The van der Waals surface area contributed by atoms with Gasteiger partial charge in [0, 0.05) is 5.56 Å². The highest BCUT2D eigenvalue weighted by molar-refractivity contribution is 7.91. The molecule has 0 unspecified atom stereocenters. The van der Waals surface area contributed by atoms with E-state index in [1.807, 2.05) is 0 Å². The van der Waals surface area contributed by atoms with E-state index in [-0.39, 0.29) is 31.0 Å². The molecule has 2 aliphatic heterocycles. The number of anilines is 1. The Bertz CT molecular complexity index is 822. The molecule has 9 heteroatoms. The van der Waals surface area contributed by atoms with Crippen LogP contribution in [0.2, 0.25) is 0 Å². The van der Waals surface area contributed by atoms with Crippen LogP contribution in [0.1, 0.15) is 12.0 Å². The summed E-state index contributed by atoms with van der Waals surface area (Å²) in [5, 5.41) is 3.20. The van der Waals surface area contributed by atoms with Gasteiger partial charge in [-0.1, -0.05) is 6.08 Å². The van der Waals surface area contributed by atoms with Gasteiger partial charge >= 0.3 is 6.09 Å². The fourth-order valence-electron chi connectivity index (χ4n) is 2.78. The van der Waals surface area contributed by atoms with Crippen molar-refractivity contribution >= 4 is 27.2 Å². The van der Waals surface area contributed by atoms with Crippen molar-refractivity contribution in [1.29, 1.82) is 5.53 Å². The van der Waals surface area contributed by atoms with Crippen LogP contribution < -0.4 is 4.90 Å². The van der Waals surface area contributed by atoms with Gasteiger partial charge in [0.05, 0.1) is 30.3 Å². The number of sulfone groups is 1. The predicted octanol–water partition coefficient (Wildman–Crippen LogP) is 2.38. The second-order valence-electron chi connectivity index (χ2n) is 5.71. The smallest absolute Gasteiger partial charge is 0.414 e. The second kappa shape index (κ2) is 6.31. The zero-order valence-electron chi connectivity index (χ0n) is 12.7. The van der Waals surface area contributed by atoms with E-state index in [4.69, 9.17) is 10.3 Å². The molecule has 128 valence electrons. The standard InChI is InChI=1S/C15H16FN3O4S/c16-14-7-11(19-9-12(8-18-17)23-15(19)20)1-2-13(14)10-3-5-24(21,22)6-4-10/h1-3,7,12,17H,4-6,8-9H2/t12-/m0/s1. The molecule has 1 aromatic rings. The van der Waals surface area contributed by atoms with Crippen LogP contribution >= 0.6 is 0 Å². The maximum Gasteiger partial charge on any atom is 0.414 e. The van der Waals surface area contributed by atoms with E-state index in [1.165, 1.54) is 17.0 Å². The van der Waals surface area contributed by atoms with Crippen LogP contribution in [-0.2, 0) is 14.6 Å². The summed E-state index contributed by atoms with van der Waals surface area (Å²) in [6.45, 7) is 0.283. The third-order valence-electron chi connectivity index (χ3n) is 4.05. The number of cyclic esters (lactones) is 1. The highest BCUT2D eigenvalue weighted by Gasteiger charge is 2.32. The summed E-state index contributed by atoms with van der Waals surface area (Å²) in [6.07, 6.45) is 0.701. The van der Waals surface area contributed by atoms with Crippen LogP contribution in [0, 0.1) is 11.3 Å². The molecule has 1 aromatic carbocycles. The Morgan fingerprint density at radius 1 is 1.42 bits per heavy atom. The number of nitrogens with zero attached hydrogens (tertiary/aromatic N) is 2. The predicted molar refractivity (Wildman–Crippen MR) is 85.3 cm³/mol. The first-order valence-corrected chi connectivity index (χ1v) is 9.22. The lowest BCUT2D eigenvalue weighted by Crippen LogP contribution is -2.25. The number of halogens is 1. The van der Waals surface area contributed by atoms with E-state index in [1.54, 1.807) is 12.1 Å². The van der Waals surface area contributed by atoms with E-state index in [9.17, 15) is 17.6 Å². The topological polar surface area (TPSA) is 99.9 Å². The molecule has 1 N–H and O–H groups in total. The van der Waals surface area contributed by atoms with E-state index < -0.39 is 27.9 Å². The van der Waals surface area contributed by atoms with E-state index in [2.05, 4.69) is 5.11 Å². The summed E-state index contributed by atoms with van der Waals surface area (Å²) in [5.41, 5.74) is 8.18. The number of nitrogens with one attached hydrogen (secondary N) is 1. The minimum Gasteiger partial charge on any atom is -0.442 e. The summed E-state index contributed by atoms with van der Waals surface area (Å²) in [5.74, 6) is -0.587. The van der Waals surface area contributed by atoms with Gasteiger partial charge in [-0.25, -0.2) is 23.1 Å². The van der Waals surface area contributed by atoms with Crippen molar-refractivity contribution in [2.24, 2.45) is 5.11 Å². The van der Waals surface area contributed by atoms with Gasteiger partial charge in [0.2, 0.25) is 0 Å². The molecule has 1 amide bonds. The maximum atomic E-state index is 14.4. The molecule has 0 bridgehead atoms. The zero-order chi connectivity index (χ0) is 17.3. The minimum absolute atomic E-state index is 0.0107. The third-order valence-corrected chi connectivity index (χ3v) is 5.55. The maximum absolute atomic E-state index is 14.4. The number of allylic oxidation sites excluding steroid dienone is 1. The third kappa shape index (κ3) is 3.30. The number of rotatable bonds is 4. The average Bonchev–Trinajstić information content (AvgIpc) is 2.89. The van der Waals surface area contributed by atoms with Crippen LogP contribution in [0.15, 0.2) is 29.4 Å². The molecule has 0 radical (unpaired) electrons. The Morgan fingerprint density at radius 2 is 2.21 bits per heavy atom. The average molecular weight is 353 g/mol. The normalized spacial score (nSPS) is 22.9. The molecule has 0 saturated carbocycles. The van der Waals surface area contributed by atoms with Crippen molar-refractivity contribution in [3.05, 3.63) is 35.7 Å². The molecule has 24 heavy (non-hydrogen) atoms. The highest BCUT2D eigenvalue weighted by atomic mass is 32.2. The lowest BCUT2D eigenvalue weighted by atomic mass is 10.0. The van der Waals surface area contributed by atoms with Gasteiger partial charge in [0.25, 0.3) is 0 Å². The Hall–Kier alpha value is -2.29. The van der Waals surface area contributed by atoms with Crippen LogP contribution in [0.3, 0.4) is 0 Å².